The van der Waals surface area contributed by atoms with E-state index in [4.69, 9.17) is 0 Å². The van der Waals surface area contributed by atoms with Gasteiger partial charge in [-0.05, 0) is 30.5 Å². The molecule has 1 aromatic heterocycles. The summed E-state index contributed by atoms with van der Waals surface area (Å²) in [6.45, 7) is 3.89. The first-order valence-corrected chi connectivity index (χ1v) is 10.9. The van der Waals surface area contributed by atoms with E-state index in [0.29, 0.717) is 44.0 Å². The van der Waals surface area contributed by atoms with Gasteiger partial charge in [0.05, 0.1) is 5.92 Å². The average molecular weight is 435 g/mol. The third kappa shape index (κ3) is 4.42. The van der Waals surface area contributed by atoms with Gasteiger partial charge >= 0.3 is 0 Å². The lowest BCUT2D eigenvalue weighted by Gasteiger charge is -2.23. The van der Waals surface area contributed by atoms with E-state index >= 15 is 0 Å². The Morgan fingerprint density at radius 3 is 2.53 bits per heavy atom. The summed E-state index contributed by atoms with van der Waals surface area (Å²) in [6, 6.07) is 14.3. The van der Waals surface area contributed by atoms with Crippen LogP contribution in [-0.4, -0.2) is 57.3 Å². The molecule has 0 bridgehead atoms. The average Bonchev–Trinajstić information content (AvgIpc) is 3.17. The fourth-order valence-corrected chi connectivity index (χ4v) is 4.21. The number of benzene rings is 2. The Balaban J connectivity index is 1.54. The number of halogens is 1. The minimum absolute atomic E-state index is 0.0563. The quantitative estimate of drug-likeness (QED) is 0.619. The number of carbonyl (C=O) groups is 2. The number of hydrogen-bond donors (Lipinski definition) is 0. The van der Waals surface area contributed by atoms with Crippen LogP contribution in [-0.2, 0) is 18.3 Å². The summed E-state index contributed by atoms with van der Waals surface area (Å²) in [6.07, 6.45) is 3.85. The molecule has 0 N–H and O–H groups in total. The molecule has 0 saturated carbocycles. The molecule has 0 radical (unpaired) electrons. The van der Waals surface area contributed by atoms with Crippen LogP contribution >= 0.6 is 0 Å². The number of likely N-dealkylation sites (N-methyl/N-ethyl adjacent to an activating group) is 1. The molecule has 2 heterocycles. The number of hydrogen-bond acceptors (Lipinski definition) is 3. The molecule has 3 aromatic rings. The second-order valence-corrected chi connectivity index (χ2v) is 8.11. The van der Waals surface area contributed by atoms with Gasteiger partial charge in [0.25, 0.3) is 5.91 Å². The molecule has 7 heteroatoms. The topological polar surface area (TPSA) is 58.4 Å². The molecule has 1 atom stereocenters. The van der Waals surface area contributed by atoms with Gasteiger partial charge in [-0.1, -0.05) is 42.5 Å². The van der Waals surface area contributed by atoms with Crippen LogP contribution in [0.15, 0.2) is 60.9 Å². The molecule has 2 amide bonds. The van der Waals surface area contributed by atoms with Gasteiger partial charge in [0.2, 0.25) is 5.91 Å². The van der Waals surface area contributed by atoms with Gasteiger partial charge < -0.3 is 14.4 Å². The standard InChI is InChI=1S/C25H27FN4O2/c1-3-29-14-15-30(25(32)23-27-12-13-28(23)2)17-20(24(29)31)16-18-8-10-19(11-9-18)21-6-4-5-7-22(21)26/h4-13,20H,3,14-17H2,1-2H3/t20-/m0/s1. The van der Waals surface area contributed by atoms with Crippen LogP contribution in [0.4, 0.5) is 4.39 Å². The van der Waals surface area contributed by atoms with Crippen LogP contribution < -0.4 is 0 Å². The fourth-order valence-electron chi connectivity index (χ4n) is 4.21. The summed E-state index contributed by atoms with van der Waals surface area (Å²) in [4.78, 5) is 33.9. The number of imidazole rings is 1. The Hall–Kier alpha value is -3.48. The van der Waals surface area contributed by atoms with E-state index in [2.05, 4.69) is 4.98 Å². The van der Waals surface area contributed by atoms with Crippen molar-refractivity contribution in [2.24, 2.45) is 13.0 Å². The SMILES string of the molecule is CCN1CCN(C(=O)c2nccn2C)C[C@H](Cc2ccc(-c3ccccc3F)cc2)C1=O. The monoisotopic (exact) mass is 434 g/mol. The number of nitrogens with zero attached hydrogens (tertiary/aromatic N) is 4. The molecule has 0 aliphatic carbocycles. The Morgan fingerprint density at radius 1 is 1.12 bits per heavy atom. The van der Waals surface area contributed by atoms with Crippen molar-refractivity contribution in [3.05, 3.63) is 78.1 Å². The van der Waals surface area contributed by atoms with Crippen molar-refractivity contribution in [1.82, 2.24) is 19.4 Å². The second kappa shape index (κ2) is 9.34. The van der Waals surface area contributed by atoms with E-state index in [1.165, 1.54) is 6.07 Å². The van der Waals surface area contributed by atoms with Crippen LogP contribution in [0.1, 0.15) is 23.1 Å². The van der Waals surface area contributed by atoms with Gasteiger partial charge in [-0.2, -0.15) is 0 Å². The highest BCUT2D eigenvalue weighted by molar-refractivity contribution is 5.91. The molecular formula is C25H27FN4O2. The summed E-state index contributed by atoms with van der Waals surface area (Å²) >= 11 is 0. The summed E-state index contributed by atoms with van der Waals surface area (Å²) in [7, 11) is 1.79. The maximum absolute atomic E-state index is 14.1. The Kier molecular flexibility index (Phi) is 6.35. The van der Waals surface area contributed by atoms with Crippen LogP contribution in [0.3, 0.4) is 0 Å². The molecule has 0 spiro atoms. The maximum Gasteiger partial charge on any atom is 0.289 e. The summed E-state index contributed by atoms with van der Waals surface area (Å²) < 4.78 is 15.8. The molecule has 2 aromatic carbocycles. The molecule has 4 rings (SSSR count). The van der Waals surface area contributed by atoms with Gasteiger partial charge in [-0.15, -0.1) is 0 Å². The lowest BCUT2D eigenvalue weighted by Crippen LogP contribution is -2.38. The smallest absolute Gasteiger partial charge is 0.289 e. The lowest BCUT2D eigenvalue weighted by molar-refractivity contribution is -0.134. The highest BCUT2D eigenvalue weighted by Crippen LogP contribution is 2.24. The molecule has 0 unspecified atom stereocenters. The van der Waals surface area contributed by atoms with Crippen molar-refractivity contribution in [3.8, 4) is 11.1 Å². The lowest BCUT2D eigenvalue weighted by atomic mass is 9.95. The molecule has 1 fully saturated rings. The van der Waals surface area contributed by atoms with Gasteiger partial charge in [0, 0.05) is 51.2 Å². The van der Waals surface area contributed by atoms with Gasteiger partial charge in [-0.25, -0.2) is 9.37 Å². The molecular weight excluding hydrogens is 407 g/mol. The summed E-state index contributed by atoms with van der Waals surface area (Å²) in [5.41, 5.74) is 2.32. The number of aromatic nitrogens is 2. The van der Waals surface area contributed by atoms with Crippen molar-refractivity contribution in [2.45, 2.75) is 13.3 Å². The second-order valence-electron chi connectivity index (χ2n) is 8.11. The minimum Gasteiger partial charge on any atom is -0.341 e. The Labute approximate surface area is 187 Å². The Morgan fingerprint density at radius 2 is 1.88 bits per heavy atom. The summed E-state index contributed by atoms with van der Waals surface area (Å²) in [5.74, 6) is -0.346. The highest BCUT2D eigenvalue weighted by Gasteiger charge is 2.33. The predicted octanol–water partition coefficient (Wildman–Crippen LogP) is 3.39. The molecule has 1 saturated heterocycles. The molecule has 6 nitrogen and oxygen atoms in total. The van der Waals surface area contributed by atoms with E-state index in [-0.39, 0.29) is 23.5 Å². The van der Waals surface area contributed by atoms with Crippen molar-refractivity contribution in [1.29, 1.82) is 0 Å². The largest absolute Gasteiger partial charge is 0.341 e. The normalized spacial score (nSPS) is 16.8. The van der Waals surface area contributed by atoms with E-state index in [9.17, 15) is 14.0 Å². The van der Waals surface area contributed by atoms with Crippen molar-refractivity contribution >= 4 is 11.8 Å². The number of aryl methyl sites for hydroxylation is 1. The molecule has 1 aliphatic heterocycles. The molecule has 1 aliphatic rings. The third-order valence-corrected chi connectivity index (χ3v) is 6.04. The van der Waals surface area contributed by atoms with E-state index in [0.717, 1.165) is 11.1 Å². The van der Waals surface area contributed by atoms with E-state index in [1.54, 1.807) is 41.0 Å². The molecule has 32 heavy (non-hydrogen) atoms. The number of rotatable bonds is 5. The zero-order valence-electron chi connectivity index (χ0n) is 18.4. The van der Waals surface area contributed by atoms with Gasteiger partial charge in [-0.3, -0.25) is 9.59 Å². The van der Waals surface area contributed by atoms with Crippen LogP contribution in [0.2, 0.25) is 0 Å². The van der Waals surface area contributed by atoms with E-state index < -0.39 is 0 Å². The zero-order valence-corrected chi connectivity index (χ0v) is 18.4. The number of carbonyl (C=O) groups excluding carboxylic acids is 2. The highest BCUT2D eigenvalue weighted by atomic mass is 19.1. The minimum atomic E-state index is -0.346. The third-order valence-electron chi connectivity index (χ3n) is 6.04. The fraction of sp³-hybridized carbons (Fsp3) is 0.320. The number of amides is 2. The van der Waals surface area contributed by atoms with Gasteiger partial charge in [0.1, 0.15) is 5.82 Å². The first-order chi connectivity index (χ1) is 15.5. The van der Waals surface area contributed by atoms with Crippen molar-refractivity contribution in [3.63, 3.8) is 0 Å². The first-order valence-electron chi connectivity index (χ1n) is 10.9. The van der Waals surface area contributed by atoms with Crippen LogP contribution in [0.25, 0.3) is 11.1 Å². The summed E-state index contributed by atoms with van der Waals surface area (Å²) in [5, 5.41) is 0. The van der Waals surface area contributed by atoms with Crippen LogP contribution in [0.5, 0.6) is 0 Å². The van der Waals surface area contributed by atoms with Crippen molar-refractivity contribution in [2.75, 3.05) is 26.2 Å². The van der Waals surface area contributed by atoms with Gasteiger partial charge in [0.15, 0.2) is 5.82 Å². The molecule has 166 valence electrons. The van der Waals surface area contributed by atoms with Crippen LogP contribution in [0, 0.1) is 11.7 Å². The zero-order chi connectivity index (χ0) is 22.7. The first kappa shape index (κ1) is 21.7. The Bertz CT molecular complexity index is 1110. The predicted molar refractivity (Wildman–Crippen MR) is 120 cm³/mol. The van der Waals surface area contributed by atoms with Crippen molar-refractivity contribution < 1.29 is 14.0 Å². The maximum atomic E-state index is 14.1. The van der Waals surface area contributed by atoms with E-state index in [1.807, 2.05) is 42.2 Å².